The van der Waals surface area contributed by atoms with E-state index in [4.69, 9.17) is 0 Å². The lowest BCUT2D eigenvalue weighted by Gasteiger charge is -2.11. The number of benzene rings is 3. The van der Waals surface area contributed by atoms with Crippen molar-refractivity contribution < 1.29 is 9.59 Å². The lowest BCUT2D eigenvalue weighted by atomic mass is 10.0. The van der Waals surface area contributed by atoms with Crippen molar-refractivity contribution in [1.29, 1.82) is 0 Å². The zero-order valence-corrected chi connectivity index (χ0v) is 17.9. The molecule has 30 heavy (non-hydrogen) atoms. The van der Waals surface area contributed by atoms with Crippen LogP contribution in [-0.2, 0) is 0 Å². The van der Waals surface area contributed by atoms with E-state index in [9.17, 15) is 9.59 Å². The Kier molecular flexibility index (Phi) is 6.68. The molecule has 0 unspecified atom stereocenters. The number of carbonyl (C=O) groups excluding carboxylic acids is 2. The highest BCUT2D eigenvalue weighted by atomic mass is 16.2. The summed E-state index contributed by atoms with van der Waals surface area (Å²) in [4.78, 5) is 25.1. The second-order valence-corrected chi connectivity index (χ2v) is 8.04. The van der Waals surface area contributed by atoms with E-state index in [0.717, 1.165) is 0 Å². The molecule has 3 rings (SSSR count). The quantitative estimate of drug-likeness (QED) is 0.500. The van der Waals surface area contributed by atoms with Gasteiger partial charge < -0.3 is 10.6 Å². The predicted octanol–water partition coefficient (Wildman–Crippen LogP) is 6.44. The van der Waals surface area contributed by atoms with Gasteiger partial charge in [0.25, 0.3) is 11.8 Å². The molecule has 4 heteroatoms. The molecule has 2 N–H and O–H groups in total. The number of nitrogens with one attached hydrogen (secondary N) is 2. The van der Waals surface area contributed by atoms with Gasteiger partial charge >= 0.3 is 0 Å². The summed E-state index contributed by atoms with van der Waals surface area (Å²) in [5.41, 5.74) is 4.83. The Labute approximate surface area is 178 Å². The van der Waals surface area contributed by atoms with Crippen LogP contribution in [0, 0.1) is 0 Å². The summed E-state index contributed by atoms with van der Waals surface area (Å²) in [6.07, 6.45) is 0. The Bertz CT molecular complexity index is 939. The first kappa shape index (κ1) is 21.3. The summed E-state index contributed by atoms with van der Waals surface area (Å²) in [5, 5.41) is 5.78. The number of rotatable bonds is 6. The SMILES string of the molecule is CC(C)c1ccc(C(=O)Nc2cccc(NC(=O)c3ccc(C(C)C)cc3)c2)cc1. The summed E-state index contributed by atoms with van der Waals surface area (Å²) in [6, 6.07) is 22.4. The lowest BCUT2D eigenvalue weighted by molar-refractivity contribution is 0.101. The van der Waals surface area contributed by atoms with Gasteiger partial charge in [0, 0.05) is 22.5 Å². The number of carbonyl (C=O) groups is 2. The maximum atomic E-state index is 12.5. The summed E-state index contributed by atoms with van der Waals surface area (Å²) in [6.45, 7) is 8.47. The van der Waals surface area contributed by atoms with Crippen molar-refractivity contribution in [2.75, 3.05) is 10.6 Å². The van der Waals surface area contributed by atoms with Crippen LogP contribution in [-0.4, -0.2) is 11.8 Å². The highest BCUT2D eigenvalue weighted by Crippen LogP contribution is 2.20. The van der Waals surface area contributed by atoms with Gasteiger partial charge in [-0.3, -0.25) is 9.59 Å². The molecule has 4 nitrogen and oxygen atoms in total. The molecule has 3 aromatic carbocycles. The van der Waals surface area contributed by atoms with Gasteiger partial charge in [-0.15, -0.1) is 0 Å². The van der Waals surface area contributed by atoms with Gasteiger partial charge in [0.2, 0.25) is 0 Å². The van der Waals surface area contributed by atoms with Gasteiger partial charge in [-0.2, -0.15) is 0 Å². The topological polar surface area (TPSA) is 58.2 Å². The second-order valence-electron chi connectivity index (χ2n) is 8.04. The fourth-order valence-electron chi connectivity index (χ4n) is 3.12. The third kappa shape index (κ3) is 5.35. The fourth-order valence-corrected chi connectivity index (χ4v) is 3.12. The van der Waals surface area contributed by atoms with Crippen LogP contribution in [0.4, 0.5) is 11.4 Å². The van der Waals surface area contributed by atoms with Crippen molar-refractivity contribution in [3.05, 3.63) is 95.1 Å². The highest BCUT2D eigenvalue weighted by molar-refractivity contribution is 6.06. The zero-order valence-electron chi connectivity index (χ0n) is 17.9. The number of hydrogen-bond acceptors (Lipinski definition) is 2. The minimum Gasteiger partial charge on any atom is -0.322 e. The van der Waals surface area contributed by atoms with Crippen LogP contribution in [0.3, 0.4) is 0 Å². The first-order valence-electron chi connectivity index (χ1n) is 10.3. The smallest absolute Gasteiger partial charge is 0.255 e. The van der Waals surface area contributed by atoms with Crippen LogP contribution >= 0.6 is 0 Å². The van der Waals surface area contributed by atoms with Crippen molar-refractivity contribution in [3.63, 3.8) is 0 Å². The Hall–Kier alpha value is -3.40. The van der Waals surface area contributed by atoms with E-state index < -0.39 is 0 Å². The maximum Gasteiger partial charge on any atom is 0.255 e. The third-order valence-electron chi connectivity index (χ3n) is 5.06. The Morgan fingerprint density at radius 1 is 0.600 bits per heavy atom. The molecule has 3 aromatic rings. The summed E-state index contributed by atoms with van der Waals surface area (Å²) >= 11 is 0. The highest BCUT2D eigenvalue weighted by Gasteiger charge is 2.10. The molecule has 2 amide bonds. The van der Waals surface area contributed by atoms with Gasteiger partial charge in [-0.25, -0.2) is 0 Å². The molecule has 0 atom stereocenters. The van der Waals surface area contributed by atoms with E-state index in [-0.39, 0.29) is 11.8 Å². The van der Waals surface area contributed by atoms with Crippen molar-refractivity contribution >= 4 is 23.2 Å². The average Bonchev–Trinajstić information content (AvgIpc) is 2.74. The molecule has 0 bridgehead atoms. The van der Waals surface area contributed by atoms with E-state index in [1.807, 2.05) is 48.5 Å². The van der Waals surface area contributed by atoms with Crippen molar-refractivity contribution in [1.82, 2.24) is 0 Å². The first-order chi connectivity index (χ1) is 14.3. The minimum absolute atomic E-state index is 0.182. The van der Waals surface area contributed by atoms with Crippen molar-refractivity contribution in [2.45, 2.75) is 39.5 Å². The van der Waals surface area contributed by atoms with E-state index in [0.29, 0.717) is 34.3 Å². The first-order valence-corrected chi connectivity index (χ1v) is 10.3. The van der Waals surface area contributed by atoms with E-state index in [1.54, 1.807) is 24.3 Å². The van der Waals surface area contributed by atoms with E-state index in [1.165, 1.54) is 11.1 Å². The summed E-state index contributed by atoms with van der Waals surface area (Å²) in [7, 11) is 0. The Balaban J connectivity index is 1.66. The van der Waals surface area contributed by atoms with Crippen LogP contribution in [0.1, 0.15) is 71.4 Å². The van der Waals surface area contributed by atoms with Crippen LogP contribution in [0.2, 0.25) is 0 Å². The average molecular weight is 401 g/mol. The largest absolute Gasteiger partial charge is 0.322 e. The summed E-state index contributed by atoms with van der Waals surface area (Å²) < 4.78 is 0. The second kappa shape index (κ2) is 9.40. The lowest BCUT2D eigenvalue weighted by Crippen LogP contribution is -2.14. The Morgan fingerprint density at radius 3 is 1.30 bits per heavy atom. The van der Waals surface area contributed by atoms with Crippen molar-refractivity contribution in [3.8, 4) is 0 Å². The summed E-state index contributed by atoms with van der Waals surface area (Å²) in [5.74, 6) is 0.476. The normalized spacial score (nSPS) is 10.9. The van der Waals surface area contributed by atoms with Gasteiger partial charge in [0.05, 0.1) is 0 Å². The molecule has 0 aliphatic carbocycles. The molecule has 0 aliphatic heterocycles. The van der Waals surface area contributed by atoms with Crippen LogP contribution in [0.25, 0.3) is 0 Å². The van der Waals surface area contributed by atoms with Crippen LogP contribution in [0.15, 0.2) is 72.8 Å². The van der Waals surface area contributed by atoms with Gasteiger partial charge in [-0.1, -0.05) is 58.0 Å². The molecule has 0 spiro atoms. The number of hydrogen-bond donors (Lipinski definition) is 2. The Morgan fingerprint density at radius 2 is 0.967 bits per heavy atom. The molecule has 0 aliphatic rings. The molecule has 0 aromatic heterocycles. The van der Waals surface area contributed by atoms with Crippen molar-refractivity contribution in [2.24, 2.45) is 0 Å². The molecule has 0 saturated carbocycles. The molecule has 0 saturated heterocycles. The van der Waals surface area contributed by atoms with E-state index in [2.05, 4.69) is 38.3 Å². The third-order valence-corrected chi connectivity index (χ3v) is 5.06. The van der Waals surface area contributed by atoms with Crippen LogP contribution < -0.4 is 10.6 Å². The fraction of sp³-hybridized carbons (Fsp3) is 0.231. The number of anilines is 2. The van der Waals surface area contributed by atoms with Gasteiger partial charge in [0.15, 0.2) is 0 Å². The molecule has 0 radical (unpaired) electrons. The molecular weight excluding hydrogens is 372 g/mol. The molecular formula is C26H28N2O2. The zero-order chi connectivity index (χ0) is 21.7. The molecule has 0 heterocycles. The standard InChI is InChI=1S/C26H28N2O2/c1-17(2)19-8-12-21(13-9-19)25(29)27-23-6-5-7-24(16-23)28-26(30)22-14-10-20(11-15-22)18(3)4/h5-18H,1-4H3,(H,27,29)(H,28,30). The predicted molar refractivity (Wildman–Crippen MR) is 123 cm³/mol. The van der Waals surface area contributed by atoms with Gasteiger partial charge in [-0.05, 0) is 65.4 Å². The van der Waals surface area contributed by atoms with Crippen LogP contribution in [0.5, 0.6) is 0 Å². The molecule has 154 valence electrons. The van der Waals surface area contributed by atoms with Gasteiger partial charge in [0.1, 0.15) is 0 Å². The minimum atomic E-state index is -0.182. The molecule has 0 fully saturated rings. The maximum absolute atomic E-state index is 12.5. The van der Waals surface area contributed by atoms with E-state index >= 15 is 0 Å². The number of amides is 2. The monoisotopic (exact) mass is 400 g/mol.